The third-order valence-electron chi connectivity index (χ3n) is 3.79. The second-order valence-electron chi connectivity index (χ2n) is 5.74. The number of anilines is 1. The highest BCUT2D eigenvalue weighted by Gasteiger charge is 2.38. The van der Waals surface area contributed by atoms with Crippen LogP contribution in [0.3, 0.4) is 0 Å². The fraction of sp³-hybridized carbons (Fsp3) is 0.0556. The van der Waals surface area contributed by atoms with Gasteiger partial charge in [-0.1, -0.05) is 35.5 Å². The zero-order chi connectivity index (χ0) is 19.7. The Labute approximate surface area is 155 Å². The van der Waals surface area contributed by atoms with Crippen molar-refractivity contribution in [3.63, 3.8) is 0 Å². The first-order valence-corrected chi connectivity index (χ1v) is 7.95. The minimum Gasteiger partial charge on any atom is -0.329 e. The molecule has 0 unspecified atom stereocenters. The van der Waals surface area contributed by atoms with Crippen molar-refractivity contribution >= 4 is 22.6 Å². The van der Waals surface area contributed by atoms with Crippen LogP contribution in [0.4, 0.5) is 19.0 Å². The molecule has 4 aromatic rings. The van der Waals surface area contributed by atoms with Crippen molar-refractivity contribution < 1.29 is 22.5 Å². The molecule has 0 aliphatic heterocycles. The zero-order valence-electron chi connectivity index (χ0n) is 13.9. The number of halogens is 3. The predicted molar refractivity (Wildman–Crippen MR) is 92.2 cm³/mol. The molecule has 2 heterocycles. The van der Waals surface area contributed by atoms with Crippen LogP contribution in [-0.2, 0) is 6.18 Å². The number of alkyl halides is 3. The molecule has 140 valence electrons. The highest BCUT2D eigenvalue weighted by atomic mass is 19.4. The van der Waals surface area contributed by atoms with E-state index in [4.69, 9.17) is 0 Å². The molecule has 2 aromatic heterocycles. The average molecular weight is 385 g/mol. The first-order chi connectivity index (χ1) is 13.4. The van der Waals surface area contributed by atoms with Crippen LogP contribution in [0.2, 0.25) is 0 Å². The van der Waals surface area contributed by atoms with E-state index in [1.54, 1.807) is 12.1 Å². The number of carbonyl (C=O) groups excluding carboxylic acids is 1. The number of nitrogens with one attached hydrogen (secondary N) is 1. The van der Waals surface area contributed by atoms with Gasteiger partial charge in [0.25, 0.3) is 5.91 Å². The molecule has 0 spiro atoms. The fourth-order valence-corrected chi connectivity index (χ4v) is 2.49. The Morgan fingerprint density at radius 3 is 2.61 bits per heavy atom. The van der Waals surface area contributed by atoms with Gasteiger partial charge in [0.15, 0.2) is 5.82 Å². The van der Waals surface area contributed by atoms with Gasteiger partial charge in [-0.3, -0.25) is 4.79 Å². The molecule has 0 bridgehead atoms. The van der Waals surface area contributed by atoms with Crippen LogP contribution >= 0.6 is 0 Å². The highest BCUT2D eigenvalue weighted by Crippen LogP contribution is 2.29. The quantitative estimate of drug-likeness (QED) is 0.574. The first-order valence-electron chi connectivity index (χ1n) is 7.95. The molecule has 4 rings (SSSR count). The van der Waals surface area contributed by atoms with Crippen molar-refractivity contribution in [2.75, 3.05) is 5.32 Å². The van der Waals surface area contributed by atoms with Gasteiger partial charge in [0.05, 0.1) is 5.52 Å². The van der Waals surface area contributed by atoms with E-state index < -0.39 is 18.0 Å². The maximum absolute atomic E-state index is 12.6. The first kappa shape index (κ1) is 17.6. The van der Waals surface area contributed by atoms with Crippen molar-refractivity contribution in [1.29, 1.82) is 0 Å². The largest absolute Gasteiger partial charge is 0.471 e. The molecular formula is C18H10F3N5O2. The molecule has 0 saturated carbocycles. The van der Waals surface area contributed by atoms with Crippen LogP contribution in [-0.4, -0.2) is 26.2 Å². The minimum absolute atomic E-state index is 0.186. The molecule has 0 atom stereocenters. The lowest BCUT2D eigenvalue weighted by atomic mass is 10.1. The summed E-state index contributed by atoms with van der Waals surface area (Å²) in [6, 6.07) is 14.8. The fourth-order valence-electron chi connectivity index (χ4n) is 2.49. The normalized spacial score (nSPS) is 11.5. The SMILES string of the molecule is O=C(Nc1cc2ccccc2nn1)c1cccc(-c2noc(C(F)(F)F)n2)c1. The minimum atomic E-state index is -4.74. The maximum atomic E-state index is 12.6. The summed E-state index contributed by atoms with van der Waals surface area (Å²) in [6.45, 7) is 0. The Balaban J connectivity index is 1.58. The second kappa shape index (κ2) is 6.72. The molecule has 1 N–H and O–H groups in total. The summed E-state index contributed by atoms with van der Waals surface area (Å²) in [5.74, 6) is -1.99. The Morgan fingerprint density at radius 2 is 1.82 bits per heavy atom. The number of benzene rings is 2. The van der Waals surface area contributed by atoms with Crippen molar-refractivity contribution in [1.82, 2.24) is 20.3 Å². The summed E-state index contributed by atoms with van der Waals surface area (Å²) in [4.78, 5) is 15.8. The summed E-state index contributed by atoms with van der Waals surface area (Å²) >= 11 is 0. The van der Waals surface area contributed by atoms with E-state index in [1.807, 2.05) is 18.2 Å². The van der Waals surface area contributed by atoms with Gasteiger partial charge in [-0.25, -0.2) is 0 Å². The van der Waals surface area contributed by atoms with Gasteiger partial charge in [0.2, 0.25) is 5.82 Å². The number of fused-ring (bicyclic) bond motifs is 1. The highest BCUT2D eigenvalue weighted by molar-refractivity contribution is 6.04. The van der Waals surface area contributed by atoms with Gasteiger partial charge in [-0.05, 0) is 24.3 Å². The predicted octanol–water partition coefficient (Wildman–Crippen LogP) is 3.95. The Hall–Kier alpha value is -3.82. The van der Waals surface area contributed by atoms with E-state index >= 15 is 0 Å². The lowest BCUT2D eigenvalue weighted by molar-refractivity contribution is -0.159. The van der Waals surface area contributed by atoms with Gasteiger partial charge in [0.1, 0.15) is 0 Å². The molecule has 0 aliphatic rings. The number of carbonyl (C=O) groups is 1. The molecule has 0 fully saturated rings. The zero-order valence-corrected chi connectivity index (χ0v) is 13.9. The molecular weight excluding hydrogens is 375 g/mol. The average Bonchev–Trinajstić information content (AvgIpc) is 3.19. The Kier molecular flexibility index (Phi) is 4.22. The molecule has 7 nitrogen and oxygen atoms in total. The number of hydrogen-bond acceptors (Lipinski definition) is 6. The molecule has 2 aromatic carbocycles. The summed E-state index contributed by atoms with van der Waals surface area (Å²) in [5.41, 5.74) is 1.07. The van der Waals surface area contributed by atoms with Gasteiger partial charge in [-0.15, -0.1) is 10.2 Å². The second-order valence-corrected chi connectivity index (χ2v) is 5.74. The van der Waals surface area contributed by atoms with Crippen LogP contribution in [0.15, 0.2) is 59.1 Å². The molecule has 0 radical (unpaired) electrons. The van der Waals surface area contributed by atoms with Crippen molar-refractivity contribution in [2.45, 2.75) is 6.18 Å². The topological polar surface area (TPSA) is 93.8 Å². The van der Waals surface area contributed by atoms with Gasteiger partial charge in [-0.2, -0.15) is 18.2 Å². The Morgan fingerprint density at radius 1 is 1.00 bits per heavy atom. The lowest BCUT2D eigenvalue weighted by Crippen LogP contribution is -2.13. The third kappa shape index (κ3) is 3.52. The van der Waals surface area contributed by atoms with Crippen molar-refractivity contribution in [3.8, 4) is 11.4 Å². The molecule has 0 aliphatic carbocycles. The van der Waals surface area contributed by atoms with Crippen LogP contribution in [0.5, 0.6) is 0 Å². The van der Waals surface area contributed by atoms with Gasteiger partial charge in [0, 0.05) is 16.5 Å². The standard InChI is InChI=1S/C18H10F3N5O2/c19-18(20,21)17-23-15(26-28-17)11-5-3-6-12(8-11)16(27)22-14-9-10-4-1-2-7-13(10)24-25-14/h1-9H,(H,22,25,27). The van der Waals surface area contributed by atoms with Gasteiger partial charge >= 0.3 is 12.1 Å². The van der Waals surface area contributed by atoms with Gasteiger partial charge < -0.3 is 9.84 Å². The smallest absolute Gasteiger partial charge is 0.329 e. The summed E-state index contributed by atoms with van der Waals surface area (Å²) in [5, 5.41) is 14.7. The van der Waals surface area contributed by atoms with Crippen molar-refractivity contribution in [3.05, 3.63) is 66.1 Å². The number of aromatic nitrogens is 4. The monoisotopic (exact) mass is 385 g/mol. The summed E-state index contributed by atoms with van der Waals surface area (Å²) in [6.07, 6.45) is -4.74. The van der Waals surface area contributed by atoms with Crippen LogP contribution in [0.25, 0.3) is 22.3 Å². The summed E-state index contributed by atoms with van der Waals surface area (Å²) < 4.78 is 42.0. The van der Waals surface area contributed by atoms with E-state index in [1.165, 1.54) is 24.3 Å². The lowest BCUT2D eigenvalue weighted by Gasteiger charge is -2.06. The van der Waals surface area contributed by atoms with Crippen LogP contribution < -0.4 is 5.32 Å². The molecule has 0 saturated heterocycles. The maximum Gasteiger partial charge on any atom is 0.471 e. The van der Waals surface area contributed by atoms with E-state index in [9.17, 15) is 18.0 Å². The number of rotatable bonds is 3. The summed E-state index contributed by atoms with van der Waals surface area (Å²) in [7, 11) is 0. The number of amides is 1. The Bertz CT molecular complexity index is 1170. The van der Waals surface area contributed by atoms with Crippen LogP contribution in [0, 0.1) is 0 Å². The van der Waals surface area contributed by atoms with E-state index in [-0.39, 0.29) is 22.8 Å². The number of hydrogen-bond donors (Lipinski definition) is 1. The molecule has 28 heavy (non-hydrogen) atoms. The van der Waals surface area contributed by atoms with E-state index in [2.05, 4.69) is 30.2 Å². The van der Waals surface area contributed by atoms with Crippen molar-refractivity contribution in [2.24, 2.45) is 0 Å². The van der Waals surface area contributed by atoms with E-state index in [0.29, 0.717) is 5.52 Å². The third-order valence-corrected chi connectivity index (χ3v) is 3.79. The molecule has 1 amide bonds. The van der Waals surface area contributed by atoms with E-state index in [0.717, 1.165) is 5.39 Å². The van der Waals surface area contributed by atoms with Crippen LogP contribution in [0.1, 0.15) is 16.2 Å². The number of nitrogens with zero attached hydrogens (tertiary/aromatic N) is 4. The molecule has 10 heteroatoms.